The van der Waals surface area contributed by atoms with Crippen molar-refractivity contribution >= 4 is 22.6 Å². The average Bonchev–Trinajstić information content (AvgIpc) is 2.95. The Kier molecular flexibility index (Phi) is 3.73. The molecule has 1 fully saturated rings. The fraction of sp³-hybridized carbons (Fsp3) is 0.364. The maximum atomic E-state index is 13.5. The Hall–Kier alpha value is -2.89. The van der Waals surface area contributed by atoms with E-state index in [1.165, 1.54) is 6.07 Å². The molecule has 3 heterocycles. The molecule has 5 nitrogen and oxygen atoms in total. The van der Waals surface area contributed by atoms with Crippen molar-refractivity contribution in [2.75, 3.05) is 11.4 Å². The Morgan fingerprint density at radius 2 is 2.04 bits per heavy atom. The van der Waals surface area contributed by atoms with Gasteiger partial charge >= 0.3 is 0 Å². The molecule has 1 aromatic heterocycles. The maximum absolute atomic E-state index is 13.5. The summed E-state index contributed by atoms with van der Waals surface area (Å²) in [7, 11) is 1.98. The highest BCUT2D eigenvalue weighted by molar-refractivity contribution is 6.03. The second kappa shape index (κ2) is 6.06. The second-order valence-electron chi connectivity index (χ2n) is 7.73. The van der Waals surface area contributed by atoms with Gasteiger partial charge < -0.3 is 14.2 Å². The monoisotopic (exact) mass is 379 g/mol. The van der Waals surface area contributed by atoms with Crippen molar-refractivity contribution in [2.24, 2.45) is 7.05 Å². The van der Waals surface area contributed by atoms with Crippen LogP contribution in [-0.2, 0) is 18.3 Å². The van der Waals surface area contributed by atoms with Crippen molar-refractivity contribution in [1.29, 1.82) is 0 Å². The van der Waals surface area contributed by atoms with E-state index < -0.39 is 0 Å². The summed E-state index contributed by atoms with van der Waals surface area (Å²) < 4.78 is 22.0. The van der Waals surface area contributed by atoms with Gasteiger partial charge in [0, 0.05) is 25.6 Å². The van der Waals surface area contributed by atoms with Crippen LogP contribution < -0.4 is 9.64 Å². The number of benzene rings is 2. The van der Waals surface area contributed by atoms with Crippen molar-refractivity contribution < 1.29 is 13.9 Å². The molecule has 3 aromatic rings. The molecular formula is C22H22FN3O2. The number of ether oxygens (including phenoxy) is 1. The fourth-order valence-electron chi connectivity index (χ4n) is 4.31. The lowest BCUT2D eigenvalue weighted by atomic mass is 9.92. The number of hydrogen-bond donors (Lipinski definition) is 0. The summed E-state index contributed by atoms with van der Waals surface area (Å²) in [5.74, 6) is 1.57. The minimum Gasteiger partial charge on any atom is -0.483 e. The van der Waals surface area contributed by atoms with Crippen LogP contribution in [0.15, 0.2) is 24.3 Å². The first-order valence-corrected chi connectivity index (χ1v) is 9.66. The number of rotatable bonds is 2. The fourth-order valence-corrected chi connectivity index (χ4v) is 4.31. The van der Waals surface area contributed by atoms with Crippen LogP contribution >= 0.6 is 0 Å². The van der Waals surface area contributed by atoms with Crippen LogP contribution in [-0.4, -0.2) is 22.0 Å². The summed E-state index contributed by atoms with van der Waals surface area (Å²) >= 11 is 0. The molecule has 2 aromatic carbocycles. The van der Waals surface area contributed by atoms with E-state index in [0.717, 1.165) is 64.4 Å². The summed E-state index contributed by atoms with van der Waals surface area (Å²) in [6.45, 7) is 4.62. The van der Waals surface area contributed by atoms with Crippen LogP contribution in [0.25, 0.3) is 11.0 Å². The lowest BCUT2D eigenvalue weighted by Crippen LogP contribution is -2.44. The highest BCUT2D eigenvalue weighted by Gasteiger charge is 2.34. The van der Waals surface area contributed by atoms with E-state index in [9.17, 15) is 9.18 Å². The van der Waals surface area contributed by atoms with Gasteiger partial charge in [-0.2, -0.15) is 0 Å². The Morgan fingerprint density at radius 3 is 2.71 bits per heavy atom. The maximum Gasteiger partial charge on any atom is 0.228 e. The molecule has 5 rings (SSSR count). The number of hydrogen-bond acceptors (Lipinski definition) is 3. The second-order valence-corrected chi connectivity index (χ2v) is 7.73. The highest BCUT2D eigenvalue weighted by atomic mass is 19.1. The minimum absolute atomic E-state index is 0.150. The first kappa shape index (κ1) is 17.2. The van der Waals surface area contributed by atoms with Gasteiger partial charge in [0.1, 0.15) is 23.3 Å². The molecule has 0 bridgehead atoms. The summed E-state index contributed by atoms with van der Waals surface area (Å²) in [6.07, 6.45) is 2.02. The van der Waals surface area contributed by atoms with Gasteiger partial charge in [-0.3, -0.25) is 4.79 Å². The van der Waals surface area contributed by atoms with E-state index in [2.05, 4.69) is 6.07 Å². The van der Waals surface area contributed by atoms with Gasteiger partial charge in [0.2, 0.25) is 5.91 Å². The largest absolute Gasteiger partial charge is 0.483 e. The Labute approximate surface area is 162 Å². The van der Waals surface area contributed by atoms with E-state index >= 15 is 0 Å². The topological polar surface area (TPSA) is 47.4 Å². The Bertz CT molecular complexity index is 1130. The van der Waals surface area contributed by atoms with Crippen LogP contribution in [0, 0.1) is 19.7 Å². The third-order valence-electron chi connectivity index (χ3n) is 6.07. The van der Waals surface area contributed by atoms with Gasteiger partial charge in [0.05, 0.1) is 11.2 Å². The minimum atomic E-state index is -0.237. The molecular weight excluding hydrogens is 357 g/mol. The van der Waals surface area contributed by atoms with Crippen LogP contribution in [0.4, 0.5) is 10.1 Å². The number of nitrogens with zero attached hydrogens (tertiary/aromatic N) is 3. The third kappa shape index (κ3) is 2.44. The molecule has 144 valence electrons. The number of anilines is 1. The zero-order valence-electron chi connectivity index (χ0n) is 16.3. The van der Waals surface area contributed by atoms with Crippen molar-refractivity contribution in [2.45, 2.75) is 39.2 Å². The van der Waals surface area contributed by atoms with Gasteiger partial charge in [0.15, 0.2) is 5.75 Å². The van der Waals surface area contributed by atoms with Gasteiger partial charge in [-0.25, -0.2) is 9.37 Å². The average molecular weight is 379 g/mol. The molecule has 1 atom stereocenters. The van der Waals surface area contributed by atoms with Gasteiger partial charge in [0.25, 0.3) is 0 Å². The first-order chi connectivity index (χ1) is 13.4. The summed E-state index contributed by atoms with van der Waals surface area (Å²) in [6, 6.07) is 6.91. The van der Waals surface area contributed by atoms with Crippen molar-refractivity contribution in [3.63, 3.8) is 0 Å². The first-order valence-electron chi connectivity index (χ1n) is 9.66. The molecule has 6 heteroatoms. The van der Waals surface area contributed by atoms with E-state index in [1.807, 2.05) is 36.4 Å². The molecule has 0 aliphatic carbocycles. The summed E-state index contributed by atoms with van der Waals surface area (Å²) in [5.41, 5.74) is 5.67. The highest BCUT2D eigenvalue weighted by Crippen LogP contribution is 2.45. The number of aromatic nitrogens is 2. The molecule has 2 aliphatic rings. The van der Waals surface area contributed by atoms with Crippen molar-refractivity contribution in [3.05, 3.63) is 52.6 Å². The van der Waals surface area contributed by atoms with E-state index in [0.29, 0.717) is 6.42 Å². The lowest BCUT2D eigenvalue weighted by molar-refractivity contribution is -0.122. The van der Waals surface area contributed by atoms with Crippen molar-refractivity contribution in [1.82, 2.24) is 9.55 Å². The molecule has 2 aliphatic heterocycles. The quantitative estimate of drug-likeness (QED) is 0.629. The standard InChI is InChI=1S/C22H22FN3O2/c1-12-10-14(23)4-5-15(12)19-7-6-16-17(26-9-8-20(26)27)11-18-21(22(16)28-19)24-13(2)25(18)3/h4-5,10-11,19H,6-9H2,1-3H3/t19-/m0/s1. The number of aryl methyl sites for hydroxylation is 3. The van der Waals surface area contributed by atoms with E-state index in [1.54, 1.807) is 6.07 Å². The zero-order valence-corrected chi connectivity index (χ0v) is 16.3. The molecule has 0 spiro atoms. The van der Waals surface area contributed by atoms with Crippen LogP contribution in [0.2, 0.25) is 0 Å². The Balaban J connectivity index is 1.66. The summed E-state index contributed by atoms with van der Waals surface area (Å²) in [4.78, 5) is 18.7. The number of β-lactam (4-membered cyclic amide) rings is 1. The van der Waals surface area contributed by atoms with Crippen molar-refractivity contribution in [3.8, 4) is 5.75 Å². The smallest absolute Gasteiger partial charge is 0.228 e. The van der Waals surface area contributed by atoms with Gasteiger partial charge in [-0.1, -0.05) is 6.07 Å². The zero-order chi connectivity index (χ0) is 19.6. The number of halogens is 1. The molecule has 0 unspecified atom stereocenters. The number of carbonyl (C=O) groups is 1. The number of fused-ring (bicyclic) bond motifs is 3. The van der Waals surface area contributed by atoms with Gasteiger partial charge in [-0.05, 0) is 56.0 Å². The molecule has 0 N–H and O–H groups in total. The predicted molar refractivity (Wildman–Crippen MR) is 105 cm³/mol. The number of carbonyl (C=O) groups excluding carboxylic acids is 1. The molecule has 28 heavy (non-hydrogen) atoms. The lowest BCUT2D eigenvalue weighted by Gasteiger charge is -2.36. The molecule has 1 amide bonds. The predicted octanol–water partition coefficient (Wildman–Crippen LogP) is 4.13. The van der Waals surface area contributed by atoms with Gasteiger partial charge in [-0.15, -0.1) is 0 Å². The number of amides is 1. The SMILES string of the molecule is Cc1cc(F)ccc1[C@@H]1CCc2c(N3CCC3=O)cc3c(nc(C)n3C)c2O1. The van der Waals surface area contributed by atoms with Crippen LogP contribution in [0.1, 0.15) is 41.5 Å². The normalized spacial score (nSPS) is 18.8. The molecule has 0 saturated carbocycles. The molecule has 0 radical (unpaired) electrons. The third-order valence-corrected chi connectivity index (χ3v) is 6.07. The number of imidazole rings is 1. The van der Waals surface area contributed by atoms with E-state index in [-0.39, 0.29) is 17.8 Å². The summed E-state index contributed by atoms with van der Waals surface area (Å²) in [5, 5.41) is 0. The van der Waals surface area contributed by atoms with Crippen LogP contribution in [0.5, 0.6) is 5.75 Å². The Morgan fingerprint density at radius 1 is 1.21 bits per heavy atom. The van der Waals surface area contributed by atoms with Crippen LogP contribution in [0.3, 0.4) is 0 Å². The molecule has 1 saturated heterocycles. The van der Waals surface area contributed by atoms with E-state index in [4.69, 9.17) is 9.72 Å².